The van der Waals surface area contributed by atoms with Crippen LogP contribution in [0.15, 0.2) is 59.8 Å². The van der Waals surface area contributed by atoms with Crippen molar-refractivity contribution in [2.24, 2.45) is 5.16 Å². The van der Waals surface area contributed by atoms with Gasteiger partial charge in [0, 0.05) is 5.56 Å². The van der Waals surface area contributed by atoms with E-state index in [0.29, 0.717) is 5.71 Å². The van der Waals surface area contributed by atoms with Gasteiger partial charge in [0.25, 0.3) is 0 Å². The van der Waals surface area contributed by atoms with Crippen LogP contribution < -0.4 is 0 Å². The van der Waals surface area contributed by atoms with Crippen molar-refractivity contribution < 1.29 is 5.21 Å². The van der Waals surface area contributed by atoms with Crippen molar-refractivity contribution in [3.05, 3.63) is 60.2 Å². The average molecular weight is 235 g/mol. The van der Waals surface area contributed by atoms with E-state index in [4.69, 9.17) is 5.21 Å². The van der Waals surface area contributed by atoms with Crippen LogP contribution in [0.5, 0.6) is 0 Å². The molecule has 0 heterocycles. The lowest BCUT2D eigenvalue weighted by Gasteiger charge is -2.07. The van der Waals surface area contributed by atoms with E-state index in [2.05, 4.69) is 35.5 Å². The topological polar surface area (TPSA) is 32.6 Å². The predicted molar refractivity (Wildman–Crippen MR) is 75.5 cm³/mol. The fourth-order valence-electron chi connectivity index (χ4n) is 2.34. The molecule has 0 aromatic heterocycles. The number of oxime groups is 1. The van der Waals surface area contributed by atoms with E-state index in [-0.39, 0.29) is 0 Å². The Bertz CT molecular complexity index is 759. The molecule has 2 nitrogen and oxygen atoms in total. The van der Waals surface area contributed by atoms with Gasteiger partial charge in [0.1, 0.15) is 0 Å². The van der Waals surface area contributed by atoms with Gasteiger partial charge in [-0.3, -0.25) is 0 Å². The van der Waals surface area contributed by atoms with Crippen molar-refractivity contribution in [1.29, 1.82) is 0 Å². The number of hydrogen-bond acceptors (Lipinski definition) is 2. The third-order valence-corrected chi connectivity index (χ3v) is 3.29. The Morgan fingerprint density at radius 1 is 0.889 bits per heavy atom. The molecule has 3 rings (SSSR count). The van der Waals surface area contributed by atoms with Crippen LogP contribution in [0.1, 0.15) is 12.5 Å². The Kier molecular flexibility index (Phi) is 2.49. The molecule has 0 aliphatic heterocycles. The smallest absolute Gasteiger partial charge is 0.0843 e. The number of fused-ring (bicyclic) bond motifs is 2. The van der Waals surface area contributed by atoms with Gasteiger partial charge in [-0.25, -0.2) is 0 Å². The van der Waals surface area contributed by atoms with Crippen LogP contribution in [-0.4, -0.2) is 10.9 Å². The van der Waals surface area contributed by atoms with Crippen LogP contribution in [-0.2, 0) is 0 Å². The molecule has 18 heavy (non-hydrogen) atoms. The number of hydrogen-bond donors (Lipinski definition) is 1. The molecular formula is C16H13NO. The highest BCUT2D eigenvalue weighted by Crippen LogP contribution is 2.25. The summed E-state index contributed by atoms with van der Waals surface area (Å²) in [5.41, 5.74) is 1.61. The molecule has 3 aromatic rings. The summed E-state index contributed by atoms with van der Waals surface area (Å²) in [5, 5.41) is 17.0. The Morgan fingerprint density at radius 3 is 2.28 bits per heavy atom. The molecule has 0 unspecified atom stereocenters. The Morgan fingerprint density at radius 2 is 1.56 bits per heavy atom. The number of benzene rings is 3. The Hall–Kier alpha value is -2.35. The quantitative estimate of drug-likeness (QED) is 0.291. The molecule has 0 bridgehead atoms. The van der Waals surface area contributed by atoms with Crippen LogP contribution in [0.3, 0.4) is 0 Å². The molecule has 0 saturated carbocycles. The largest absolute Gasteiger partial charge is 0.411 e. The zero-order valence-corrected chi connectivity index (χ0v) is 10.1. The Balaban J connectivity index is 2.43. The molecule has 0 spiro atoms. The van der Waals surface area contributed by atoms with E-state index in [0.717, 1.165) is 16.3 Å². The van der Waals surface area contributed by atoms with Gasteiger partial charge >= 0.3 is 0 Å². The van der Waals surface area contributed by atoms with Crippen LogP contribution in [0, 0.1) is 0 Å². The van der Waals surface area contributed by atoms with Gasteiger partial charge in [-0.2, -0.15) is 0 Å². The maximum atomic E-state index is 8.95. The maximum absolute atomic E-state index is 8.95. The molecule has 0 aliphatic rings. The summed E-state index contributed by atoms with van der Waals surface area (Å²) in [6, 6.07) is 18.6. The van der Waals surface area contributed by atoms with E-state index in [1.54, 1.807) is 0 Å². The fraction of sp³-hybridized carbons (Fsp3) is 0.0625. The van der Waals surface area contributed by atoms with Gasteiger partial charge in [0.15, 0.2) is 0 Å². The second-order valence-corrected chi connectivity index (χ2v) is 4.41. The van der Waals surface area contributed by atoms with E-state index in [1.165, 1.54) is 10.8 Å². The second kappa shape index (κ2) is 4.15. The van der Waals surface area contributed by atoms with Gasteiger partial charge in [0.05, 0.1) is 5.71 Å². The van der Waals surface area contributed by atoms with Gasteiger partial charge in [0.2, 0.25) is 0 Å². The minimum Gasteiger partial charge on any atom is -0.411 e. The first-order valence-electron chi connectivity index (χ1n) is 5.90. The van der Waals surface area contributed by atoms with E-state index in [9.17, 15) is 0 Å². The SMILES string of the molecule is CC(=NO)c1cccc2cc3ccccc3cc12. The predicted octanol–water partition coefficient (Wildman–Crippen LogP) is 4.19. The molecule has 0 amide bonds. The van der Waals surface area contributed by atoms with Crippen LogP contribution in [0.25, 0.3) is 21.5 Å². The lowest BCUT2D eigenvalue weighted by molar-refractivity contribution is 0.319. The van der Waals surface area contributed by atoms with Crippen LogP contribution in [0.2, 0.25) is 0 Å². The van der Waals surface area contributed by atoms with Gasteiger partial charge in [-0.1, -0.05) is 47.6 Å². The average Bonchev–Trinajstić information content (AvgIpc) is 2.43. The monoisotopic (exact) mass is 235 g/mol. The van der Waals surface area contributed by atoms with Crippen molar-refractivity contribution in [3.63, 3.8) is 0 Å². The summed E-state index contributed by atoms with van der Waals surface area (Å²) in [7, 11) is 0. The van der Waals surface area contributed by atoms with Crippen LogP contribution in [0.4, 0.5) is 0 Å². The van der Waals surface area contributed by atoms with Crippen molar-refractivity contribution in [1.82, 2.24) is 0 Å². The zero-order chi connectivity index (χ0) is 12.5. The van der Waals surface area contributed by atoms with Crippen molar-refractivity contribution in [2.45, 2.75) is 6.92 Å². The van der Waals surface area contributed by atoms with Crippen molar-refractivity contribution >= 4 is 27.3 Å². The molecule has 0 saturated heterocycles. The summed E-state index contributed by atoms with van der Waals surface area (Å²) >= 11 is 0. The number of nitrogens with zero attached hydrogens (tertiary/aromatic N) is 1. The third kappa shape index (κ3) is 1.63. The van der Waals surface area contributed by atoms with E-state index < -0.39 is 0 Å². The highest BCUT2D eigenvalue weighted by Gasteiger charge is 2.05. The molecule has 0 radical (unpaired) electrons. The molecule has 1 N–H and O–H groups in total. The lowest BCUT2D eigenvalue weighted by Crippen LogP contribution is -1.95. The minimum atomic E-state index is 0.635. The maximum Gasteiger partial charge on any atom is 0.0843 e. The first-order chi connectivity index (χ1) is 8.79. The summed E-state index contributed by atoms with van der Waals surface area (Å²) in [6.45, 7) is 1.81. The fourth-order valence-corrected chi connectivity index (χ4v) is 2.34. The molecule has 2 heteroatoms. The highest BCUT2D eigenvalue weighted by atomic mass is 16.4. The third-order valence-electron chi connectivity index (χ3n) is 3.29. The first kappa shape index (κ1) is 10.8. The minimum absolute atomic E-state index is 0.635. The van der Waals surface area contributed by atoms with Crippen molar-refractivity contribution in [2.75, 3.05) is 0 Å². The normalized spacial score (nSPS) is 12.2. The lowest BCUT2D eigenvalue weighted by atomic mass is 9.98. The van der Waals surface area contributed by atoms with Crippen molar-refractivity contribution in [3.8, 4) is 0 Å². The summed E-state index contributed by atoms with van der Waals surface area (Å²) in [6.07, 6.45) is 0. The molecule has 88 valence electrons. The summed E-state index contributed by atoms with van der Waals surface area (Å²) in [4.78, 5) is 0. The summed E-state index contributed by atoms with van der Waals surface area (Å²) in [5.74, 6) is 0. The highest BCUT2D eigenvalue weighted by molar-refractivity contribution is 6.12. The first-order valence-corrected chi connectivity index (χ1v) is 5.90. The van der Waals surface area contributed by atoms with Gasteiger partial charge in [-0.15, -0.1) is 0 Å². The van der Waals surface area contributed by atoms with Gasteiger partial charge < -0.3 is 5.21 Å². The van der Waals surface area contributed by atoms with Crippen LogP contribution >= 0.6 is 0 Å². The standard InChI is InChI=1S/C16H13NO/c1-11(17-18)15-8-4-7-14-9-12-5-2-3-6-13(12)10-16(14)15/h2-10,18H,1H3. The van der Waals surface area contributed by atoms with E-state index in [1.807, 2.05) is 31.2 Å². The molecule has 0 atom stereocenters. The summed E-state index contributed by atoms with van der Waals surface area (Å²) < 4.78 is 0. The molecule has 3 aromatic carbocycles. The van der Waals surface area contributed by atoms with E-state index >= 15 is 0 Å². The molecular weight excluding hydrogens is 222 g/mol. The van der Waals surface area contributed by atoms with Gasteiger partial charge in [-0.05, 0) is 40.6 Å². The number of rotatable bonds is 1. The molecule has 0 aliphatic carbocycles. The Labute approximate surface area is 105 Å². The molecule has 0 fully saturated rings. The zero-order valence-electron chi connectivity index (χ0n) is 10.1. The second-order valence-electron chi connectivity index (χ2n) is 4.41.